The molecular weight excluding hydrogens is 202 g/mol. The van der Waals surface area contributed by atoms with Gasteiger partial charge in [-0.2, -0.15) is 0 Å². The van der Waals surface area contributed by atoms with Crippen molar-refractivity contribution in [1.29, 1.82) is 0 Å². The van der Waals surface area contributed by atoms with Gasteiger partial charge in [-0.25, -0.2) is 9.59 Å². The molecule has 2 aliphatic rings. The van der Waals surface area contributed by atoms with Crippen molar-refractivity contribution in [2.45, 2.75) is 25.2 Å². The Kier molecular flexibility index (Phi) is 2.88. The molecule has 0 radical (unpaired) electrons. The zero-order valence-corrected chi connectivity index (χ0v) is 8.39. The van der Waals surface area contributed by atoms with Crippen LogP contribution >= 0.6 is 0 Å². The molecule has 0 saturated carbocycles. The van der Waals surface area contributed by atoms with Crippen molar-refractivity contribution in [2.24, 2.45) is 0 Å². The predicted octanol–water partition coefficient (Wildman–Crippen LogP) is -1.17. The highest BCUT2D eigenvalue weighted by molar-refractivity contribution is 5.87. The van der Waals surface area contributed by atoms with Gasteiger partial charge < -0.3 is 19.5 Å². The standard InChI is InChI=1S/C9H13NO5/c1-5-8(11)15-7(9(12)14-5)3-10-2-6-4-13-6/h5-7,10H,2-4H2,1H3. The molecule has 2 heterocycles. The number of nitrogens with one attached hydrogen (secondary N) is 1. The van der Waals surface area contributed by atoms with Crippen LogP contribution in [-0.4, -0.2) is 49.9 Å². The van der Waals surface area contributed by atoms with Crippen molar-refractivity contribution in [3.8, 4) is 0 Å². The summed E-state index contributed by atoms with van der Waals surface area (Å²) in [5, 5.41) is 2.98. The second-order valence-electron chi connectivity index (χ2n) is 3.62. The first-order chi connectivity index (χ1) is 7.16. The molecule has 0 aliphatic carbocycles. The summed E-state index contributed by atoms with van der Waals surface area (Å²) in [6.45, 7) is 3.18. The Morgan fingerprint density at radius 3 is 2.67 bits per heavy atom. The van der Waals surface area contributed by atoms with Crippen LogP contribution in [0.1, 0.15) is 6.92 Å². The summed E-state index contributed by atoms with van der Waals surface area (Å²) < 4.78 is 14.7. The van der Waals surface area contributed by atoms with Crippen molar-refractivity contribution in [3.63, 3.8) is 0 Å². The van der Waals surface area contributed by atoms with Gasteiger partial charge in [0.05, 0.1) is 12.7 Å². The molecule has 15 heavy (non-hydrogen) atoms. The van der Waals surface area contributed by atoms with Crippen LogP contribution in [-0.2, 0) is 23.8 Å². The summed E-state index contributed by atoms with van der Waals surface area (Å²) in [6.07, 6.45) is -1.38. The molecule has 0 spiro atoms. The Hall–Kier alpha value is -1.14. The Balaban J connectivity index is 1.74. The Bertz CT molecular complexity index is 276. The Morgan fingerprint density at radius 1 is 1.27 bits per heavy atom. The molecule has 6 heteroatoms. The molecule has 2 fully saturated rings. The maximum atomic E-state index is 11.3. The van der Waals surface area contributed by atoms with E-state index in [0.717, 1.165) is 6.61 Å². The molecule has 2 rings (SSSR count). The van der Waals surface area contributed by atoms with E-state index in [1.807, 2.05) is 0 Å². The molecule has 0 aromatic carbocycles. The van der Waals surface area contributed by atoms with Gasteiger partial charge >= 0.3 is 11.9 Å². The first kappa shape index (κ1) is 10.4. The third-order valence-corrected chi connectivity index (χ3v) is 2.25. The molecule has 0 bridgehead atoms. The van der Waals surface area contributed by atoms with E-state index in [9.17, 15) is 9.59 Å². The van der Waals surface area contributed by atoms with Gasteiger partial charge in [0, 0.05) is 13.1 Å². The summed E-state index contributed by atoms with van der Waals surface area (Å²) in [6, 6.07) is 0. The van der Waals surface area contributed by atoms with E-state index < -0.39 is 24.1 Å². The molecule has 6 nitrogen and oxygen atoms in total. The third-order valence-electron chi connectivity index (χ3n) is 2.25. The SMILES string of the molecule is CC1OC(=O)C(CNCC2CO2)OC1=O. The fourth-order valence-electron chi connectivity index (χ4n) is 1.27. The average molecular weight is 215 g/mol. The first-order valence-electron chi connectivity index (χ1n) is 4.90. The van der Waals surface area contributed by atoms with Crippen LogP contribution in [0.5, 0.6) is 0 Å². The van der Waals surface area contributed by atoms with Crippen LogP contribution in [0.3, 0.4) is 0 Å². The van der Waals surface area contributed by atoms with E-state index in [4.69, 9.17) is 14.2 Å². The maximum Gasteiger partial charge on any atom is 0.349 e. The van der Waals surface area contributed by atoms with Crippen LogP contribution in [0.25, 0.3) is 0 Å². The van der Waals surface area contributed by atoms with Gasteiger partial charge in [0.25, 0.3) is 0 Å². The van der Waals surface area contributed by atoms with Gasteiger partial charge in [0.15, 0.2) is 6.10 Å². The fraction of sp³-hybridized carbons (Fsp3) is 0.778. The van der Waals surface area contributed by atoms with Gasteiger partial charge in [-0.05, 0) is 6.92 Å². The minimum absolute atomic E-state index is 0.235. The summed E-state index contributed by atoms with van der Waals surface area (Å²) >= 11 is 0. The van der Waals surface area contributed by atoms with Crippen LogP contribution in [0, 0.1) is 0 Å². The van der Waals surface area contributed by atoms with Gasteiger partial charge in [0.2, 0.25) is 6.10 Å². The minimum atomic E-state index is -0.826. The third kappa shape index (κ3) is 2.66. The second-order valence-corrected chi connectivity index (χ2v) is 3.62. The van der Waals surface area contributed by atoms with E-state index in [1.165, 1.54) is 6.92 Å². The van der Waals surface area contributed by atoms with Crippen LogP contribution < -0.4 is 5.32 Å². The van der Waals surface area contributed by atoms with E-state index in [1.54, 1.807) is 0 Å². The molecule has 0 aromatic rings. The van der Waals surface area contributed by atoms with Crippen LogP contribution in [0.15, 0.2) is 0 Å². The molecule has 2 aliphatic heterocycles. The van der Waals surface area contributed by atoms with Crippen molar-refractivity contribution < 1.29 is 23.8 Å². The number of carbonyl (C=O) groups is 2. The number of epoxide rings is 1. The molecule has 3 atom stereocenters. The number of esters is 2. The van der Waals surface area contributed by atoms with Gasteiger partial charge in [-0.1, -0.05) is 0 Å². The zero-order valence-electron chi connectivity index (χ0n) is 8.39. The summed E-state index contributed by atoms with van der Waals surface area (Å²) in [5.74, 6) is -0.990. The van der Waals surface area contributed by atoms with E-state index in [0.29, 0.717) is 6.54 Å². The number of rotatable bonds is 4. The van der Waals surface area contributed by atoms with E-state index in [-0.39, 0.29) is 12.6 Å². The number of hydrogen-bond donors (Lipinski definition) is 1. The van der Waals surface area contributed by atoms with E-state index in [2.05, 4.69) is 5.32 Å². The maximum absolute atomic E-state index is 11.3. The number of hydrogen-bond acceptors (Lipinski definition) is 6. The van der Waals surface area contributed by atoms with E-state index >= 15 is 0 Å². The monoisotopic (exact) mass is 215 g/mol. The molecular formula is C9H13NO5. The van der Waals surface area contributed by atoms with Crippen LogP contribution in [0.2, 0.25) is 0 Å². The first-order valence-corrected chi connectivity index (χ1v) is 4.90. The predicted molar refractivity (Wildman–Crippen MR) is 48.0 cm³/mol. The second kappa shape index (κ2) is 4.16. The van der Waals surface area contributed by atoms with Crippen molar-refractivity contribution >= 4 is 11.9 Å². The highest BCUT2D eigenvalue weighted by Gasteiger charge is 2.35. The number of cyclic esters (lactones) is 2. The lowest BCUT2D eigenvalue weighted by atomic mass is 10.3. The topological polar surface area (TPSA) is 77.2 Å². The highest BCUT2D eigenvalue weighted by atomic mass is 16.6. The molecule has 0 aromatic heterocycles. The molecule has 2 saturated heterocycles. The van der Waals surface area contributed by atoms with Gasteiger partial charge in [0.1, 0.15) is 0 Å². The lowest BCUT2D eigenvalue weighted by molar-refractivity contribution is -0.192. The molecule has 1 N–H and O–H groups in total. The van der Waals surface area contributed by atoms with Gasteiger partial charge in [-0.15, -0.1) is 0 Å². The summed E-state index contributed by atoms with van der Waals surface area (Å²) in [5.41, 5.74) is 0. The summed E-state index contributed by atoms with van der Waals surface area (Å²) in [4.78, 5) is 22.4. The lowest BCUT2D eigenvalue weighted by Gasteiger charge is -2.25. The van der Waals surface area contributed by atoms with Crippen molar-refractivity contribution in [1.82, 2.24) is 5.32 Å². The zero-order chi connectivity index (χ0) is 10.8. The molecule has 3 unspecified atom stereocenters. The van der Waals surface area contributed by atoms with Crippen molar-refractivity contribution in [2.75, 3.05) is 19.7 Å². The normalized spacial score (nSPS) is 34.6. The smallest absolute Gasteiger partial charge is 0.349 e. The average Bonchev–Trinajstić information content (AvgIpc) is 2.97. The van der Waals surface area contributed by atoms with Crippen LogP contribution in [0.4, 0.5) is 0 Å². The molecule has 84 valence electrons. The Labute approximate surface area is 86.9 Å². The Morgan fingerprint density at radius 2 is 2.00 bits per heavy atom. The number of ether oxygens (including phenoxy) is 3. The largest absolute Gasteiger partial charge is 0.448 e. The summed E-state index contributed by atoms with van der Waals surface area (Å²) in [7, 11) is 0. The minimum Gasteiger partial charge on any atom is -0.448 e. The molecule has 0 amide bonds. The highest BCUT2D eigenvalue weighted by Crippen LogP contribution is 2.10. The van der Waals surface area contributed by atoms with Gasteiger partial charge in [-0.3, -0.25) is 0 Å². The quantitative estimate of drug-likeness (QED) is 0.470. The number of carbonyl (C=O) groups excluding carboxylic acids is 2. The fourth-order valence-corrected chi connectivity index (χ4v) is 1.27. The lowest BCUT2D eigenvalue weighted by Crippen LogP contribution is -2.47. The van der Waals surface area contributed by atoms with Crippen molar-refractivity contribution in [3.05, 3.63) is 0 Å².